The van der Waals surface area contributed by atoms with Crippen LogP contribution in [0.3, 0.4) is 0 Å². The molecule has 5 nitrogen and oxygen atoms in total. The standard InChI is InChI=1S/C10H15ClN2O3S/c1-2-16-6-7-17(14,15)13-10-8(11)4-3-5-9(10)12/h3-5,13H,2,6-7,12H2,1H3. The highest BCUT2D eigenvalue weighted by Gasteiger charge is 2.14. The van der Waals surface area contributed by atoms with Gasteiger partial charge in [0.1, 0.15) is 0 Å². The molecule has 0 saturated carbocycles. The van der Waals surface area contributed by atoms with Gasteiger partial charge >= 0.3 is 0 Å². The normalized spacial score (nSPS) is 11.4. The fourth-order valence-electron chi connectivity index (χ4n) is 1.17. The van der Waals surface area contributed by atoms with Crippen molar-refractivity contribution in [3.8, 4) is 0 Å². The Hall–Kier alpha value is -0.980. The van der Waals surface area contributed by atoms with E-state index in [2.05, 4.69) is 4.72 Å². The number of ether oxygens (including phenoxy) is 1. The average Bonchev–Trinajstić information content (AvgIpc) is 2.24. The van der Waals surface area contributed by atoms with Crippen LogP contribution in [0.2, 0.25) is 5.02 Å². The highest BCUT2D eigenvalue weighted by atomic mass is 35.5. The third-order valence-corrected chi connectivity index (χ3v) is 3.54. The fraction of sp³-hybridized carbons (Fsp3) is 0.400. The number of hydrogen-bond donors (Lipinski definition) is 2. The minimum atomic E-state index is -3.49. The second-order valence-corrected chi connectivity index (χ2v) is 5.57. The van der Waals surface area contributed by atoms with Gasteiger partial charge in [-0.05, 0) is 19.1 Å². The van der Waals surface area contributed by atoms with E-state index in [1.54, 1.807) is 25.1 Å². The molecule has 1 rings (SSSR count). The maximum absolute atomic E-state index is 11.7. The number of nitrogens with two attached hydrogens (primary N) is 1. The van der Waals surface area contributed by atoms with Gasteiger partial charge in [0.2, 0.25) is 10.0 Å². The van der Waals surface area contributed by atoms with Gasteiger partial charge in [-0.2, -0.15) is 0 Å². The van der Waals surface area contributed by atoms with Gasteiger partial charge < -0.3 is 10.5 Å². The summed E-state index contributed by atoms with van der Waals surface area (Å²) in [6.07, 6.45) is 0. The highest BCUT2D eigenvalue weighted by molar-refractivity contribution is 7.92. The maximum Gasteiger partial charge on any atom is 0.235 e. The molecule has 0 aliphatic rings. The zero-order valence-corrected chi connectivity index (χ0v) is 11.0. The van der Waals surface area contributed by atoms with Gasteiger partial charge in [0.05, 0.1) is 28.8 Å². The monoisotopic (exact) mass is 278 g/mol. The Morgan fingerprint density at radius 1 is 1.47 bits per heavy atom. The number of para-hydroxylation sites is 1. The molecule has 0 heterocycles. The Balaban J connectivity index is 2.76. The van der Waals surface area contributed by atoms with E-state index in [1.807, 2.05) is 0 Å². The molecule has 0 atom stereocenters. The van der Waals surface area contributed by atoms with Crippen LogP contribution in [-0.2, 0) is 14.8 Å². The zero-order chi connectivity index (χ0) is 12.9. The summed E-state index contributed by atoms with van der Waals surface area (Å²) in [5.74, 6) is -0.133. The number of nitrogens with one attached hydrogen (secondary N) is 1. The van der Waals surface area contributed by atoms with Crippen LogP contribution in [0, 0.1) is 0 Å². The van der Waals surface area contributed by atoms with E-state index >= 15 is 0 Å². The molecule has 1 aromatic carbocycles. The molecular formula is C10H15ClN2O3S. The van der Waals surface area contributed by atoms with Crippen molar-refractivity contribution in [2.75, 3.05) is 29.4 Å². The summed E-state index contributed by atoms with van der Waals surface area (Å²) in [7, 11) is -3.49. The van der Waals surface area contributed by atoms with E-state index in [4.69, 9.17) is 22.1 Å². The van der Waals surface area contributed by atoms with Crippen molar-refractivity contribution in [3.05, 3.63) is 23.2 Å². The molecule has 17 heavy (non-hydrogen) atoms. The predicted molar refractivity (Wildman–Crippen MR) is 69.8 cm³/mol. The summed E-state index contributed by atoms with van der Waals surface area (Å²) >= 11 is 5.86. The number of hydrogen-bond acceptors (Lipinski definition) is 4. The van der Waals surface area contributed by atoms with Crippen LogP contribution in [0.4, 0.5) is 11.4 Å². The van der Waals surface area contributed by atoms with Gasteiger partial charge in [0.15, 0.2) is 0 Å². The molecule has 0 aliphatic carbocycles. The van der Waals surface area contributed by atoms with E-state index in [0.29, 0.717) is 6.61 Å². The Kier molecular flexibility index (Phi) is 5.04. The summed E-state index contributed by atoms with van der Waals surface area (Å²) in [6, 6.07) is 4.79. The molecule has 7 heteroatoms. The van der Waals surface area contributed by atoms with Crippen molar-refractivity contribution in [2.24, 2.45) is 0 Å². The zero-order valence-electron chi connectivity index (χ0n) is 9.44. The largest absolute Gasteiger partial charge is 0.397 e. The van der Waals surface area contributed by atoms with Crippen molar-refractivity contribution in [3.63, 3.8) is 0 Å². The van der Waals surface area contributed by atoms with Crippen molar-refractivity contribution < 1.29 is 13.2 Å². The minimum Gasteiger partial charge on any atom is -0.397 e. The Labute approximate surface area is 106 Å². The minimum absolute atomic E-state index is 0.133. The molecular weight excluding hydrogens is 264 g/mol. The number of sulfonamides is 1. The number of anilines is 2. The smallest absolute Gasteiger partial charge is 0.235 e. The molecule has 0 unspecified atom stereocenters. The number of halogens is 1. The SMILES string of the molecule is CCOCCS(=O)(=O)Nc1c(N)cccc1Cl. The quantitative estimate of drug-likeness (QED) is 0.613. The van der Waals surface area contributed by atoms with Crippen molar-refractivity contribution in [2.45, 2.75) is 6.92 Å². The van der Waals surface area contributed by atoms with Gasteiger partial charge in [0.25, 0.3) is 0 Å². The van der Waals surface area contributed by atoms with Gasteiger partial charge in [-0.1, -0.05) is 17.7 Å². The van der Waals surface area contributed by atoms with E-state index in [1.165, 1.54) is 0 Å². The summed E-state index contributed by atoms with van der Waals surface area (Å²) in [6.45, 7) is 2.41. The van der Waals surface area contributed by atoms with Crippen LogP contribution >= 0.6 is 11.6 Å². The molecule has 1 aromatic rings. The fourth-order valence-corrected chi connectivity index (χ4v) is 2.43. The first-order valence-electron chi connectivity index (χ1n) is 5.08. The Bertz CT molecular complexity index is 456. The molecule has 0 saturated heterocycles. The van der Waals surface area contributed by atoms with Crippen molar-refractivity contribution in [1.82, 2.24) is 0 Å². The molecule has 0 radical (unpaired) electrons. The van der Waals surface area contributed by atoms with Crippen LogP contribution in [0.1, 0.15) is 6.92 Å². The van der Waals surface area contributed by atoms with E-state index < -0.39 is 10.0 Å². The van der Waals surface area contributed by atoms with Gasteiger partial charge in [-0.3, -0.25) is 4.72 Å². The maximum atomic E-state index is 11.7. The number of nitrogen functional groups attached to an aromatic ring is 1. The topological polar surface area (TPSA) is 81.4 Å². The third kappa shape index (κ3) is 4.41. The van der Waals surface area contributed by atoms with Crippen LogP contribution in [0.5, 0.6) is 0 Å². The predicted octanol–water partition coefficient (Wildman–Crippen LogP) is 1.70. The second kappa shape index (κ2) is 6.09. The van der Waals surface area contributed by atoms with Gasteiger partial charge in [-0.15, -0.1) is 0 Å². The second-order valence-electron chi connectivity index (χ2n) is 3.32. The molecule has 0 spiro atoms. The molecule has 0 amide bonds. The lowest BCUT2D eigenvalue weighted by Gasteiger charge is -2.11. The first-order valence-corrected chi connectivity index (χ1v) is 7.11. The summed E-state index contributed by atoms with van der Waals surface area (Å²) in [5.41, 5.74) is 6.14. The first-order chi connectivity index (χ1) is 7.96. The first kappa shape index (κ1) is 14.1. The van der Waals surface area contributed by atoms with Crippen LogP contribution in [0.15, 0.2) is 18.2 Å². The van der Waals surface area contributed by atoms with E-state index in [-0.39, 0.29) is 28.8 Å². The van der Waals surface area contributed by atoms with E-state index in [9.17, 15) is 8.42 Å². The van der Waals surface area contributed by atoms with Crippen LogP contribution < -0.4 is 10.5 Å². The molecule has 3 N–H and O–H groups in total. The molecule has 0 aromatic heterocycles. The Morgan fingerprint density at radius 3 is 2.76 bits per heavy atom. The lowest BCUT2D eigenvalue weighted by molar-refractivity contribution is 0.163. The molecule has 96 valence electrons. The van der Waals surface area contributed by atoms with Crippen molar-refractivity contribution >= 4 is 33.0 Å². The van der Waals surface area contributed by atoms with Crippen LogP contribution in [-0.4, -0.2) is 27.4 Å². The number of benzene rings is 1. The summed E-state index contributed by atoms with van der Waals surface area (Å²) in [5, 5.41) is 0.269. The molecule has 0 bridgehead atoms. The molecule has 0 aliphatic heterocycles. The third-order valence-electron chi connectivity index (χ3n) is 2.00. The lowest BCUT2D eigenvalue weighted by Crippen LogP contribution is -2.21. The van der Waals surface area contributed by atoms with Gasteiger partial charge in [0, 0.05) is 6.61 Å². The van der Waals surface area contributed by atoms with Crippen LogP contribution in [0.25, 0.3) is 0 Å². The Morgan fingerprint density at radius 2 is 2.18 bits per heavy atom. The van der Waals surface area contributed by atoms with Crippen molar-refractivity contribution in [1.29, 1.82) is 0 Å². The lowest BCUT2D eigenvalue weighted by atomic mass is 10.3. The van der Waals surface area contributed by atoms with E-state index in [0.717, 1.165) is 0 Å². The van der Waals surface area contributed by atoms with Gasteiger partial charge in [-0.25, -0.2) is 8.42 Å². The highest BCUT2D eigenvalue weighted by Crippen LogP contribution is 2.28. The average molecular weight is 279 g/mol. The summed E-state index contributed by atoms with van der Waals surface area (Å²) in [4.78, 5) is 0. The molecule has 0 fully saturated rings. The summed E-state index contributed by atoms with van der Waals surface area (Å²) < 4.78 is 30.7. The number of rotatable bonds is 6.